The summed E-state index contributed by atoms with van der Waals surface area (Å²) in [4.78, 5) is 16.0. The number of hydrogen-bond acceptors (Lipinski definition) is 5. The lowest BCUT2D eigenvalue weighted by Gasteiger charge is -2.21. The Morgan fingerprint density at radius 1 is 1.33 bits per heavy atom. The van der Waals surface area contributed by atoms with Crippen LogP contribution < -0.4 is 5.32 Å². The molecule has 2 N–H and O–H groups in total. The number of aromatic nitrogens is 2. The molecule has 2 aromatic rings. The van der Waals surface area contributed by atoms with Crippen molar-refractivity contribution in [2.45, 2.75) is 31.3 Å². The van der Waals surface area contributed by atoms with Crippen molar-refractivity contribution in [1.82, 2.24) is 15.5 Å². The molecule has 0 atom stereocenters. The first kappa shape index (κ1) is 13.8. The standard InChI is InChI=1S/C15H17N3O3/c19-14(17-10-15(20)5-1-2-6-15)12-9-13(21-18-12)11-3-7-16-8-4-11/h3-4,7-9,20H,1-2,5-6,10H2,(H,17,19). The highest BCUT2D eigenvalue weighted by atomic mass is 16.5. The van der Waals surface area contributed by atoms with Crippen molar-refractivity contribution in [2.75, 3.05) is 6.54 Å². The highest BCUT2D eigenvalue weighted by molar-refractivity contribution is 5.93. The molecule has 1 aliphatic rings. The third kappa shape index (κ3) is 3.11. The van der Waals surface area contributed by atoms with Crippen molar-refractivity contribution >= 4 is 5.91 Å². The van der Waals surface area contributed by atoms with Crippen molar-refractivity contribution in [3.8, 4) is 11.3 Å². The number of rotatable bonds is 4. The second-order valence-electron chi connectivity index (χ2n) is 5.43. The normalized spacial score (nSPS) is 16.8. The van der Waals surface area contributed by atoms with E-state index >= 15 is 0 Å². The Kier molecular flexibility index (Phi) is 3.70. The van der Waals surface area contributed by atoms with E-state index in [0.717, 1.165) is 31.2 Å². The Hall–Kier alpha value is -2.21. The Balaban J connectivity index is 1.64. The summed E-state index contributed by atoms with van der Waals surface area (Å²) in [6, 6.07) is 5.15. The van der Waals surface area contributed by atoms with E-state index in [4.69, 9.17) is 4.52 Å². The van der Waals surface area contributed by atoms with Crippen LogP contribution in [0.3, 0.4) is 0 Å². The number of hydrogen-bond donors (Lipinski definition) is 2. The van der Waals surface area contributed by atoms with E-state index in [2.05, 4.69) is 15.5 Å². The van der Waals surface area contributed by atoms with Crippen LogP contribution in [0.15, 0.2) is 35.1 Å². The maximum Gasteiger partial charge on any atom is 0.273 e. The molecule has 0 aromatic carbocycles. The lowest BCUT2D eigenvalue weighted by atomic mass is 10.0. The topological polar surface area (TPSA) is 88.2 Å². The highest BCUT2D eigenvalue weighted by Crippen LogP contribution is 2.28. The fraction of sp³-hybridized carbons (Fsp3) is 0.400. The average molecular weight is 287 g/mol. The Bertz CT molecular complexity index is 618. The van der Waals surface area contributed by atoms with Gasteiger partial charge in [-0.05, 0) is 25.0 Å². The zero-order chi connectivity index (χ0) is 14.7. The monoisotopic (exact) mass is 287 g/mol. The highest BCUT2D eigenvalue weighted by Gasteiger charge is 2.31. The summed E-state index contributed by atoms with van der Waals surface area (Å²) >= 11 is 0. The lowest BCUT2D eigenvalue weighted by molar-refractivity contribution is 0.0448. The summed E-state index contributed by atoms with van der Waals surface area (Å²) < 4.78 is 5.17. The van der Waals surface area contributed by atoms with Gasteiger partial charge in [-0.15, -0.1) is 0 Å². The van der Waals surface area contributed by atoms with E-state index in [0.29, 0.717) is 5.76 Å². The predicted octanol–water partition coefficient (Wildman–Crippen LogP) is 1.77. The molecule has 6 nitrogen and oxygen atoms in total. The van der Waals surface area contributed by atoms with E-state index in [1.54, 1.807) is 30.6 Å². The molecule has 2 heterocycles. The molecule has 2 aromatic heterocycles. The molecule has 0 spiro atoms. The minimum atomic E-state index is -0.771. The number of nitrogens with one attached hydrogen (secondary N) is 1. The number of carbonyl (C=O) groups is 1. The third-order valence-corrected chi connectivity index (χ3v) is 3.82. The van der Waals surface area contributed by atoms with E-state index in [1.807, 2.05) is 0 Å². The predicted molar refractivity (Wildman–Crippen MR) is 75.5 cm³/mol. The maximum atomic E-state index is 12.0. The Labute approximate surface area is 122 Å². The third-order valence-electron chi connectivity index (χ3n) is 3.82. The molecule has 0 saturated heterocycles. The van der Waals surface area contributed by atoms with Gasteiger partial charge in [-0.25, -0.2) is 0 Å². The molecule has 1 amide bonds. The molecule has 0 aliphatic heterocycles. The molecule has 1 saturated carbocycles. The molecule has 1 fully saturated rings. The number of nitrogens with zero attached hydrogens (tertiary/aromatic N) is 2. The van der Waals surface area contributed by atoms with E-state index in [9.17, 15) is 9.90 Å². The average Bonchev–Trinajstić information content (AvgIpc) is 3.16. The number of carbonyl (C=O) groups excluding carboxylic acids is 1. The molecule has 6 heteroatoms. The van der Waals surface area contributed by atoms with Crippen LogP contribution in [0.5, 0.6) is 0 Å². The first-order valence-corrected chi connectivity index (χ1v) is 7.04. The largest absolute Gasteiger partial charge is 0.388 e. The van der Waals surface area contributed by atoms with Gasteiger partial charge in [0.05, 0.1) is 5.60 Å². The van der Waals surface area contributed by atoms with E-state index in [-0.39, 0.29) is 18.1 Å². The molecule has 21 heavy (non-hydrogen) atoms. The van der Waals surface area contributed by atoms with Crippen LogP contribution >= 0.6 is 0 Å². The fourth-order valence-corrected chi connectivity index (χ4v) is 2.58. The summed E-state index contributed by atoms with van der Waals surface area (Å²) in [6.07, 6.45) is 6.76. The molecule has 1 aliphatic carbocycles. The second kappa shape index (κ2) is 5.65. The van der Waals surface area contributed by atoms with Crippen LogP contribution in [0.4, 0.5) is 0 Å². The SMILES string of the molecule is O=C(NCC1(O)CCCC1)c1cc(-c2ccncc2)on1. The van der Waals surface area contributed by atoms with Gasteiger partial charge < -0.3 is 14.9 Å². The van der Waals surface area contributed by atoms with Crippen LogP contribution in [0.25, 0.3) is 11.3 Å². The van der Waals surface area contributed by atoms with Gasteiger partial charge in [-0.2, -0.15) is 0 Å². The smallest absolute Gasteiger partial charge is 0.273 e. The second-order valence-corrected chi connectivity index (χ2v) is 5.43. The van der Waals surface area contributed by atoms with Gasteiger partial charge in [0, 0.05) is 30.6 Å². The lowest BCUT2D eigenvalue weighted by Crippen LogP contribution is -2.40. The van der Waals surface area contributed by atoms with Crippen molar-refractivity contribution in [2.24, 2.45) is 0 Å². The summed E-state index contributed by atoms with van der Waals surface area (Å²) in [6.45, 7) is 0.253. The Morgan fingerprint density at radius 2 is 2.05 bits per heavy atom. The zero-order valence-electron chi connectivity index (χ0n) is 11.6. The van der Waals surface area contributed by atoms with Crippen molar-refractivity contribution < 1.29 is 14.4 Å². The van der Waals surface area contributed by atoms with Crippen LogP contribution in [-0.4, -0.2) is 33.3 Å². The van der Waals surface area contributed by atoms with E-state index < -0.39 is 5.60 Å². The Morgan fingerprint density at radius 3 is 2.76 bits per heavy atom. The van der Waals surface area contributed by atoms with Gasteiger partial charge in [0.25, 0.3) is 5.91 Å². The van der Waals surface area contributed by atoms with Gasteiger partial charge in [-0.1, -0.05) is 18.0 Å². The summed E-state index contributed by atoms with van der Waals surface area (Å²) in [5.41, 5.74) is 0.252. The van der Waals surface area contributed by atoms with Crippen LogP contribution in [0.1, 0.15) is 36.2 Å². The van der Waals surface area contributed by atoms with Gasteiger partial charge in [0.15, 0.2) is 11.5 Å². The molecular formula is C15H17N3O3. The molecule has 3 rings (SSSR count). The molecule has 0 unspecified atom stereocenters. The van der Waals surface area contributed by atoms with Gasteiger partial charge >= 0.3 is 0 Å². The first-order chi connectivity index (χ1) is 10.2. The molecule has 0 bridgehead atoms. The number of aliphatic hydroxyl groups is 1. The van der Waals surface area contributed by atoms with Crippen molar-refractivity contribution in [3.63, 3.8) is 0 Å². The minimum absolute atomic E-state index is 0.211. The van der Waals surface area contributed by atoms with Crippen LogP contribution in [-0.2, 0) is 0 Å². The minimum Gasteiger partial charge on any atom is -0.388 e. The van der Waals surface area contributed by atoms with Crippen molar-refractivity contribution in [1.29, 1.82) is 0 Å². The summed E-state index contributed by atoms with van der Waals surface area (Å²) in [5.74, 6) is 0.182. The summed E-state index contributed by atoms with van der Waals surface area (Å²) in [5, 5.41) is 16.7. The van der Waals surface area contributed by atoms with Gasteiger partial charge in [0.2, 0.25) is 0 Å². The van der Waals surface area contributed by atoms with E-state index in [1.165, 1.54) is 0 Å². The van der Waals surface area contributed by atoms with Gasteiger partial charge in [0.1, 0.15) is 0 Å². The first-order valence-electron chi connectivity index (χ1n) is 7.04. The number of pyridine rings is 1. The fourth-order valence-electron chi connectivity index (χ4n) is 2.58. The molecule has 110 valence electrons. The van der Waals surface area contributed by atoms with Crippen LogP contribution in [0, 0.1) is 0 Å². The van der Waals surface area contributed by atoms with Gasteiger partial charge in [-0.3, -0.25) is 9.78 Å². The quantitative estimate of drug-likeness (QED) is 0.894. The zero-order valence-corrected chi connectivity index (χ0v) is 11.6. The molecule has 0 radical (unpaired) electrons. The maximum absolute atomic E-state index is 12.0. The van der Waals surface area contributed by atoms with Crippen LogP contribution in [0.2, 0.25) is 0 Å². The number of amides is 1. The summed E-state index contributed by atoms with van der Waals surface area (Å²) in [7, 11) is 0. The molecular weight excluding hydrogens is 270 g/mol. The van der Waals surface area contributed by atoms with Crippen molar-refractivity contribution in [3.05, 3.63) is 36.3 Å².